The minimum atomic E-state index is 0.416. The van der Waals surface area contributed by atoms with Crippen LogP contribution in [0.3, 0.4) is 0 Å². The Morgan fingerprint density at radius 1 is 1.41 bits per heavy atom. The summed E-state index contributed by atoms with van der Waals surface area (Å²) in [5.74, 6) is 2.47. The van der Waals surface area contributed by atoms with Crippen molar-refractivity contribution in [3.05, 3.63) is 23.2 Å². The van der Waals surface area contributed by atoms with E-state index < -0.39 is 0 Å². The highest BCUT2D eigenvalue weighted by atomic mass is 16.5. The zero-order valence-electron chi connectivity index (χ0n) is 10.9. The second-order valence-electron chi connectivity index (χ2n) is 5.11. The number of furan rings is 1. The largest absolute Gasteiger partial charge is 0.465 e. The minimum absolute atomic E-state index is 0.416. The fourth-order valence-electron chi connectivity index (χ4n) is 2.56. The van der Waals surface area contributed by atoms with Crippen LogP contribution in [0.5, 0.6) is 0 Å². The molecule has 0 spiro atoms. The van der Waals surface area contributed by atoms with Crippen LogP contribution in [0.25, 0.3) is 0 Å². The number of aryl methyl sites for hydroxylation is 1. The average molecular weight is 237 g/mol. The molecule has 2 N–H and O–H groups in total. The molecule has 0 aromatic carbocycles. The molecule has 0 aliphatic heterocycles. The molecule has 3 nitrogen and oxygen atoms in total. The van der Waals surface area contributed by atoms with E-state index in [0.29, 0.717) is 25.2 Å². The molecule has 1 saturated carbocycles. The summed E-state index contributed by atoms with van der Waals surface area (Å²) in [5.41, 5.74) is 6.70. The highest BCUT2D eigenvalue weighted by Gasteiger charge is 2.22. The highest BCUT2D eigenvalue weighted by molar-refractivity contribution is 5.19. The standard InChI is InChI=1S/C14H23NO2/c1-10-5-3-4-6-14(10)16-9-12-7-13(8-15)17-11(12)2/h7,10,14H,3-6,8-9,15H2,1-2H3. The van der Waals surface area contributed by atoms with E-state index in [1.807, 2.05) is 13.0 Å². The molecule has 0 radical (unpaired) electrons. The second-order valence-corrected chi connectivity index (χ2v) is 5.11. The first-order valence-electron chi connectivity index (χ1n) is 6.60. The van der Waals surface area contributed by atoms with Crippen LogP contribution in [0, 0.1) is 12.8 Å². The Balaban J connectivity index is 1.90. The maximum absolute atomic E-state index is 6.02. The summed E-state index contributed by atoms with van der Waals surface area (Å²) in [6.07, 6.45) is 5.56. The van der Waals surface area contributed by atoms with Crippen molar-refractivity contribution in [1.82, 2.24) is 0 Å². The molecular weight excluding hydrogens is 214 g/mol. The number of ether oxygens (including phenoxy) is 1. The average Bonchev–Trinajstić information content (AvgIpc) is 2.69. The predicted octanol–water partition coefficient (Wildman–Crippen LogP) is 3.14. The van der Waals surface area contributed by atoms with Gasteiger partial charge in [-0.05, 0) is 31.7 Å². The quantitative estimate of drug-likeness (QED) is 0.875. The molecule has 1 aliphatic rings. The van der Waals surface area contributed by atoms with Crippen molar-refractivity contribution in [2.75, 3.05) is 0 Å². The Kier molecular flexibility index (Phi) is 4.24. The Morgan fingerprint density at radius 3 is 2.82 bits per heavy atom. The van der Waals surface area contributed by atoms with Gasteiger partial charge in [0.1, 0.15) is 11.5 Å². The van der Waals surface area contributed by atoms with Gasteiger partial charge in [-0.15, -0.1) is 0 Å². The summed E-state index contributed by atoms with van der Waals surface area (Å²) < 4.78 is 11.5. The maximum atomic E-state index is 6.02. The van der Waals surface area contributed by atoms with Gasteiger partial charge in [0.05, 0.1) is 19.3 Å². The molecule has 2 atom stereocenters. The Morgan fingerprint density at radius 2 is 2.18 bits per heavy atom. The highest BCUT2D eigenvalue weighted by Crippen LogP contribution is 2.27. The van der Waals surface area contributed by atoms with E-state index in [1.54, 1.807) is 0 Å². The summed E-state index contributed by atoms with van der Waals surface area (Å²) in [7, 11) is 0. The molecule has 1 aromatic rings. The monoisotopic (exact) mass is 237 g/mol. The van der Waals surface area contributed by atoms with Crippen LogP contribution in [0.2, 0.25) is 0 Å². The van der Waals surface area contributed by atoms with Crippen LogP contribution in [0.4, 0.5) is 0 Å². The van der Waals surface area contributed by atoms with Gasteiger partial charge in [-0.25, -0.2) is 0 Å². The Hall–Kier alpha value is -0.800. The van der Waals surface area contributed by atoms with Crippen LogP contribution in [0.1, 0.15) is 49.7 Å². The smallest absolute Gasteiger partial charge is 0.118 e. The van der Waals surface area contributed by atoms with Crippen molar-refractivity contribution in [2.24, 2.45) is 11.7 Å². The lowest BCUT2D eigenvalue weighted by atomic mass is 9.88. The van der Waals surface area contributed by atoms with Crippen LogP contribution in [-0.2, 0) is 17.9 Å². The van der Waals surface area contributed by atoms with Gasteiger partial charge < -0.3 is 14.9 Å². The molecule has 17 heavy (non-hydrogen) atoms. The normalized spacial score (nSPS) is 25.1. The molecule has 0 amide bonds. The molecule has 1 heterocycles. The zero-order valence-corrected chi connectivity index (χ0v) is 10.9. The molecule has 1 aromatic heterocycles. The zero-order chi connectivity index (χ0) is 12.3. The molecule has 1 aliphatic carbocycles. The van der Waals surface area contributed by atoms with Crippen molar-refractivity contribution in [3.63, 3.8) is 0 Å². The number of hydrogen-bond donors (Lipinski definition) is 1. The van der Waals surface area contributed by atoms with Gasteiger partial charge in [-0.1, -0.05) is 19.8 Å². The van der Waals surface area contributed by atoms with Gasteiger partial charge in [-0.3, -0.25) is 0 Å². The van der Waals surface area contributed by atoms with Crippen molar-refractivity contribution < 1.29 is 9.15 Å². The summed E-state index contributed by atoms with van der Waals surface area (Å²) in [4.78, 5) is 0. The fourth-order valence-corrected chi connectivity index (χ4v) is 2.56. The molecule has 2 unspecified atom stereocenters. The molecule has 3 heteroatoms. The van der Waals surface area contributed by atoms with Crippen molar-refractivity contribution in [1.29, 1.82) is 0 Å². The van der Waals surface area contributed by atoms with Crippen LogP contribution in [-0.4, -0.2) is 6.10 Å². The summed E-state index contributed by atoms with van der Waals surface area (Å²) in [5, 5.41) is 0. The van der Waals surface area contributed by atoms with Gasteiger partial charge in [0.2, 0.25) is 0 Å². The fraction of sp³-hybridized carbons (Fsp3) is 0.714. The third kappa shape index (κ3) is 3.11. The second kappa shape index (κ2) is 5.69. The van der Waals surface area contributed by atoms with E-state index in [4.69, 9.17) is 14.9 Å². The van der Waals surface area contributed by atoms with Gasteiger partial charge in [0.25, 0.3) is 0 Å². The molecular formula is C14H23NO2. The molecule has 0 saturated heterocycles. The van der Waals surface area contributed by atoms with Crippen molar-refractivity contribution in [3.8, 4) is 0 Å². The Bertz CT molecular complexity index is 359. The Labute approximate surface area is 103 Å². The van der Waals surface area contributed by atoms with E-state index in [0.717, 1.165) is 17.1 Å². The first-order chi connectivity index (χ1) is 8.20. The van der Waals surface area contributed by atoms with Gasteiger partial charge >= 0.3 is 0 Å². The van der Waals surface area contributed by atoms with Gasteiger partial charge in [0, 0.05) is 5.56 Å². The van der Waals surface area contributed by atoms with Gasteiger partial charge in [0.15, 0.2) is 0 Å². The topological polar surface area (TPSA) is 48.4 Å². The molecule has 0 bridgehead atoms. The van der Waals surface area contributed by atoms with Crippen molar-refractivity contribution in [2.45, 2.75) is 58.8 Å². The number of nitrogens with two attached hydrogens (primary N) is 1. The van der Waals surface area contributed by atoms with Crippen molar-refractivity contribution >= 4 is 0 Å². The number of rotatable bonds is 4. The lowest BCUT2D eigenvalue weighted by Gasteiger charge is -2.28. The summed E-state index contributed by atoms with van der Waals surface area (Å²) >= 11 is 0. The van der Waals surface area contributed by atoms with E-state index in [-0.39, 0.29) is 0 Å². The van der Waals surface area contributed by atoms with Crippen LogP contribution >= 0.6 is 0 Å². The SMILES string of the molecule is Cc1oc(CN)cc1COC1CCCCC1C. The predicted molar refractivity (Wildman–Crippen MR) is 67.5 cm³/mol. The van der Waals surface area contributed by atoms with E-state index in [1.165, 1.54) is 25.7 Å². The minimum Gasteiger partial charge on any atom is -0.465 e. The van der Waals surface area contributed by atoms with Crippen LogP contribution in [0.15, 0.2) is 10.5 Å². The summed E-state index contributed by atoms with van der Waals surface area (Å²) in [6, 6.07) is 2.02. The maximum Gasteiger partial charge on any atom is 0.118 e. The number of hydrogen-bond acceptors (Lipinski definition) is 3. The first-order valence-corrected chi connectivity index (χ1v) is 6.60. The summed E-state index contributed by atoms with van der Waals surface area (Å²) in [6.45, 7) is 5.38. The lowest BCUT2D eigenvalue weighted by molar-refractivity contribution is -0.0158. The van der Waals surface area contributed by atoms with Gasteiger partial charge in [-0.2, -0.15) is 0 Å². The van der Waals surface area contributed by atoms with E-state index in [2.05, 4.69) is 6.92 Å². The van der Waals surface area contributed by atoms with E-state index in [9.17, 15) is 0 Å². The molecule has 2 rings (SSSR count). The molecule has 1 fully saturated rings. The third-order valence-electron chi connectivity index (χ3n) is 3.76. The molecule has 96 valence electrons. The lowest BCUT2D eigenvalue weighted by Crippen LogP contribution is -2.25. The first kappa shape index (κ1) is 12.7. The van der Waals surface area contributed by atoms with E-state index >= 15 is 0 Å². The third-order valence-corrected chi connectivity index (χ3v) is 3.76. The van der Waals surface area contributed by atoms with Crippen LogP contribution < -0.4 is 5.73 Å².